The summed E-state index contributed by atoms with van der Waals surface area (Å²) in [6.07, 6.45) is 2.54. The van der Waals surface area contributed by atoms with Crippen LogP contribution in [0.3, 0.4) is 0 Å². The van der Waals surface area contributed by atoms with Crippen LogP contribution in [0.4, 0.5) is 13.2 Å². The van der Waals surface area contributed by atoms with Gasteiger partial charge in [-0.1, -0.05) is 6.92 Å². The third kappa shape index (κ3) is 7.67. The lowest BCUT2D eigenvalue weighted by molar-refractivity contribution is -0.122. The van der Waals surface area contributed by atoms with Crippen molar-refractivity contribution in [3.05, 3.63) is 0 Å². The number of nitrogens with one attached hydrogen (secondary N) is 2. The number of piperidine rings is 1. The maximum Gasteiger partial charge on any atom is 0.441 e. The molecule has 1 saturated heterocycles. The van der Waals surface area contributed by atoms with Crippen molar-refractivity contribution in [3.63, 3.8) is 0 Å². The SMILES string of the molecule is CC(CC(=O)NCCSC(F)(F)F)C1CCNCC1. The third-order valence-corrected chi connectivity index (χ3v) is 4.12. The van der Waals surface area contributed by atoms with Crippen LogP contribution in [-0.4, -0.2) is 36.8 Å². The molecular formula is C12H21F3N2OS. The summed E-state index contributed by atoms with van der Waals surface area (Å²) in [6, 6.07) is 0. The summed E-state index contributed by atoms with van der Waals surface area (Å²) in [6.45, 7) is 4.08. The molecular weight excluding hydrogens is 277 g/mol. The molecule has 0 aromatic heterocycles. The van der Waals surface area contributed by atoms with Gasteiger partial charge in [0.05, 0.1) is 0 Å². The molecule has 112 valence electrons. The molecule has 0 aromatic carbocycles. The number of amides is 1. The molecule has 1 atom stereocenters. The second kappa shape index (κ2) is 7.99. The van der Waals surface area contributed by atoms with Crippen molar-refractivity contribution >= 4 is 17.7 Å². The maximum atomic E-state index is 11.9. The average Bonchev–Trinajstić information content (AvgIpc) is 2.34. The van der Waals surface area contributed by atoms with E-state index in [1.807, 2.05) is 6.92 Å². The zero-order chi connectivity index (χ0) is 14.3. The third-order valence-electron chi connectivity index (χ3n) is 3.39. The normalized spacial score (nSPS) is 19.2. The molecule has 1 heterocycles. The van der Waals surface area contributed by atoms with Crippen molar-refractivity contribution < 1.29 is 18.0 Å². The predicted molar refractivity (Wildman–Crippen MR) is 70.9 cm³/mol. The van der Waals surface area contributed by atoms with E-state index in [-0.39, 0.29) is 35.9 Å². The molecule has 1 fully saturated rings. The van der Waals surface area contributed by atoms with Gasteiger partial charge in [-0.05, 0) is 49.5 Å². The maximum absolute atomic E-state index is 11.9. The summed E-state index contributed by atoms with van der Waals surface area (Å²) >= 11 is -0.100. The van der Waals surface area contributed by atoms with E-state index in [1.54, 1.807) is 0 Å². The zero-order valence-electron chi connectivity index (χ0n) is 11.1. The summed E-state index contributed by atoms with van der Waals surface area (Å²) in [5, 5.41) is 5.82. The fraction of sp³-hybridized carbons (Fsp3) is 0.917. The van der Waals surface area contributed by atoms with Crippen LogP contribution in [0.25, 0.3) is 0 Å². The Bertz CT molecular complexity index is 281. The molecule has 0 saturated carbocycles. The van der Waals surface area contributed by atoms with Crippen molar-refractivity contribution in [1.29, 1.82) is 0 Å². The molecule has 0 aromatic rings. The van der Waals surface area contributed by atoms with Gasteiger partial charge in [0, 0.05) is 18.7 Å². The van der Waals surface area contributed by atoms with Gasteiger partial charge in [0.2, 0.25) is 5.91 Å². The Morgan fingerprint density at radius 3 is 2.63 bits per heavy atom. The van der Waals surface area contributed by atoms with Gasteiger partial charge < -0.3 is 10.6 Å². The zero-order valence-corrected chi connectivity index (χ0v) is 11.9. The Morgan fingerprint density at radius 1 is 1.42 bits per heavy atom. The number of alkyl halides is 3. The van der Waals surface area contributed by atoms with E-state index in [1.165, 1.54) is 0 Å². The minimum Gasteiger partial charge on any atom is -0.355 e. The van der Waals surface area contributed by atoms with Gasteiger partial charge in [-0.15, -0.1) is 0 Å². The summed E-state index contributed by atoms with van der Waals surface area (Å²) in [5.41, 5.74) is -4.22. The summed E-state index contributed by atoms with van der Waals surface area (Å²) in [7, 11) is 0. The van der Waals surface area contributed by atoms with Crippen molar-refractivity contribution in [2.45, 2.75) is 31.7 Å². The molecule has 1 rings (SSSR count). The average molecular weight is 298 g/mol. The molecule has 19 heavy (non-hydrogen) atoms. The van der Waals surface area contributed by atoms with Gasteiger partial charge >= 0.3 is 5.51 Å². The topological polar surface area (TPSA) is 41.1 Å². The second-order valence-electron chi connectivity index (χ2n) is 4.91. The first kappa shape index (κ1) is 16.6. The Kier molecular flexibility index (Phi) is 6.99. The first-order chi connectivity index (χ1) is 8.88. The molecule has 2 N–H and O–H groups in total. The fourth-order valence-electron chi connectivity index (χ4n) is 2.30. The standard InChI is InChI=1S/C12H21F3N2OS/c1-9(10-2-4-16-5-3-10)8-11(18)17-6-7-19-12(13,14)15/h9-10,16H,2-8H2,1H3,(H,17,18). The van der Waals surface area contributed by atoms with Gasteiger partial charge in [-0.3, -0.25) is 4.79 Å². The highest BCUT2D eigenvalue weighted by Crippen LogP contribution is 2.29. The molecule has 7 heteroatoms. The first-order valence-electron chi connectivity index (χ1n) is 6.56. The van der Waals surface area contributed by atoms with Crippen LogP contribution in [0.1, 0.15) is 26.2 Å². The van der Waals surface area contributed by atoms with E-state index in [2.05, 4.69) is 10.6 Å². The lowest BCUT2D eigenvalue weighted by Crippen LogP contribution is -2.34. The number of rotatable bonds is 6. The number of halogens is 3. The number of hydrogen-bond acceptors (Lipinski definition) is 3. The molecule has 1 amide bonds. The quantitative estimate of drug-likeness (QED) is 0.740. The first-order valence-corrected chi connectivity index (χ1v) is 7.55. The molecule has 1 unspecified atom stereocenters. The molecule has 1 aliphatic rings. The van der Waals surface area contributed by atoms with Crippen LogP contribution in [0.5, 0.6) is 0 Å². The number of carbonyl (C=O) groups excluding carboxylic acids is 1. The summed E-state index contributed by atoms with van der Waals surface area (Å²) in [4.78, 5) is 11.6. The van der Waals surface area contributed by atoms with Crippen molar-refractivity contribution in [2.24, 2.45) is 11.8 Å². The van der Waals surface area contributed by atoms with Gasteiger partial charge in [-0.25, -0.2) is 0 Å². The van der Waals surface area contributed by atoms with Crippen molar-refractivity contribution in [3.8, 4) is 0 Å². The molecule has 0 aliphatic carbocycles. The van der Waals surface area contributed by atoms with E-state index in [0.717, 1.165) is 25.9 Å². The van der Waals surface area contributed by atoms with Crippen LogP contribution in [0, 0.1) is 11.8 Å². The van der Waals surface area contributed by atoms with Gasteiger partial charge in [0.1, 0.15) is 0 Å². The van der Waals surface area contributed by atoms with Crippen LogP contribution in [0.15, 0.2) is 0 Å². The van der Waals surface area contributed by atoms with Gasteiger partial charge in [0.25, 0.3) is 0 Å². The predicted octanol–water partition coefficient (Wildman–Crippen LogP) is 2.38. The number of carbonyl (C=O) groups is 1. The Labute approximate surface area is 116 Å². The summed E-state index contributed by atoms with van der Waals surface area (Å²) < 4.78 is 35.6. The van der Waals surface area contributed by atoms with E-state index in [9.17, 15) is 18.0 Å². The van der Waals surface area contributed by atoms with E-state index >= 15 is 0 Å². The lowest BCUT2D eigenvalue weighted by Gasteiger charge is -2.27. The molecule has 3 nitrogen and oxygen atoms in total. The Morgan fingerprint density at radius 2 is 2.05 bits per heavy atom. The fourth-order valence-corrected chi connectivity index (χ4v) is 2.74. The van der Waals surface area contributed by atoms with Crippen LogP contribution in [-0.2, 0) is 4.79 Å². The monoisotopic (exact) mass is 298 g/mol. The van der Waals surface area contributed by atoms with Crippen molar-refractivity contribution in [1.82, 2.24) is 10.6 Å². The Balaban J connectivity index is 2.12. The largest absolute Gasteiger partial charge is 0.441 e. The van der Waals surface area contributed by atoms with E-state index in [4.69, 9.17) is 0 Å². The van der Waals surface area contributed by atoms with E-state index in [0.29, 0.717) is 12.3 Å². The molecule has 1 aliphatic heterocycles. The minimum absolute atomic E-state index is 0.0714. The minimum atomic E-state index is -4.22. The highest BCUT2D eigenvalue weighted by Gasteiger charge is 2.27. The lowest BCUT2D eigenvalue weighted by atomic mass is 9.84. The highest BCUT2D eigenvalue weighted by molar-refractivity contribution is 8.00. The summed E-state index contributed by atoms with van der Waals surface area (Å²) in [5.74, 6) is 0.555. The van der Waals surface area contributed by atoms with E-state index < -0.39 is 5.51 Å². The highest BCUT2D eigenvalue weighted by atomic mass is 32.2. The molecule has 0 bridgehead atoms. The second-order valence-corrected chi connectivity index (χ2v) is 6.07. The van der Waals surface area contributed by atoms with Crippen LogP contribution in [0.2, 0.25) is 0 Å². The molecule has 0 spiro atoms. The van der Waals surface area contributed by atoms with Crippen LogP contribution >= 0.6 is 11.8 Å². The number of thioether (sulfide) groups is 1. The molecule has 0 radical (unpaired) electrons. The Hall–Kier alpha value is -0.430. The van der Waals surface area contributed by atoms with Gasteiger partial charge in [0.15, 0.2) is 0 Å². The smallest absolute Gasteiger partial charge is 0.355 e. The van der Waals surface area contributed by atoms with Crippen LogP contribution < -0.4 is 10.6 Å². The van der Waals surface area contributed by atoms with Gasteiger partial charge in [-0.2, -0.15) is 13.2 Å². The number of hydrogen-bond donors (Lipinski definition) is 2. The van der Waals surface area contributed by atoms with Crippen molar-refractivity contribution in [2.75, 3.05) is 25.4 Å².